The van der Waals surface area contributed by atoms with Gasteiger partial charge >= 0.3 is 0 Å². The molecule has 0 fully saturated rings. The lowest BCUT2D eigenvalue weighted by atomic mass is 9.91. The Hall–Kier alpha value is -2.16. The van der Waals surface area contributed by atoms with Gasteiger partial charge in [-0.05, 0) is 24.1 Å². The maximum atomic E-state index is 4.60. The summed E-state index contributed by atoms with van der Waals surface area (Å²) in [5.41, 5.74) is 3.52. The van der Waals surface area contributed by atoms with Gasteiger partial charge < -0.3 is 5.32 Å². The number of hydrogen-bond acceptors (Lipinski definition) is 3. The van der Waals surface area contributed by atoms with Crippen LogP contribution in [-0.4, -0.2) is 23.9 Å². The molecular weight excluding hydrogens is 234 g/mol. The van der Waals surface area contributed by atoms with Crippen LogP contribution in [0.1, 0.15) is 22.7 Å². The van der Waals surface area contributed by atoms with E-state index in [2.05, 4.69) is 52.5 Å². The lowest BCUT2D eigenvalue weighted by molar-refractivity contribution is 0.909. The molecule has 1 aliphatic heterocycles. The highest BCUT2D eigenvalue weighted by atomic mass is 15.1. The smallest absolute Gasteiger partial charge is 0.110 e. The van der Waals surface area contributed by atoms with Crippen LogP contribution in [0, 0.1) is 6.92 Å². The third-order valence-corrected chi connectivity index (χ3v) is 3.43. The molecule has 3 heteroatoms. The van der Waals surface area contributed by atoms with Gasteiger partial charge in [-0.15, -0.1) is 0 Å². The highest BCUT2D eigenvalue weighted by molar-refractivity contribution is 5.93. The van der Waals surface area contributed by atoms with Gasteiger partial charge in [0.05, 0.1) is 18.2 Å². The summed E-state index contributed by atoms with van der Waals surface area (Å²) in [4.78, 5) is 9.17. The van der Waals surface area contributed by atoms with Gasteiger partial charge in [0, 0.05) is 12.7 Å². The van der Waals surface area contributed by atoms with E-state index < -0.39 is 0 Å². The van der Waals surface area contributed by atoms with Crippen LogP contribution in [0.15, 0.2) is 53.7 Å². The molecule has 96 valence electrons. The Balaban J connectivity index is 2.10. The SMILES string of the molecule is Cc1cccnc1C(C1=NCCN1)c1ccccc1. The molecule has 1 atom stereocenters. The number of hydrogen-bond donors (Lipinski definition) is 1. The maximum absolute atomic E-state index is 4.60. The summed E-state index contributed by atoms with van der Waals surface area (Å²) in [6, 6.07) is 14.5. The molecule has 3 rings (SSSR count). The molecule has 2 aromatic rings. The second-order valence-electron chi connectivity index (χ2n) is 4.74. The minimum absolute atomic E-state index is 0.116. The molecule has 0 saturated heterocycles. The molecule has 2 heterocycles. The molecule has 0 bridgehead atoms. The monoisotopic (exact) mass is 251 g/mol. The maximum Gasteiger partial charge on any atom is 0.110 e. The molecule has 1 aromatic heterocycles. The molecule has 0 aliphatic carbocycles. The standard InChI is InChI=1S/C16H17N3/c1-12-6-5-9-17-15(12)14(16-18-10-11-19-16)13-7-3-2-4-8-13/h2-9,14H,10-11H2,1H3,(H,18,19). The molecule has 1 aliphatic rings. The van der Waals surface area contributed by atoms with E-state index in [1.54, 1.807) is 0 Å². The van der Waals surface area contributed by atoms with E-state index in [1.807, 2.05) is 18.3 Å². The third-order valence-electron chi connectivity index (χ3n) is 3.43. The van der Waals surface area contributed by atoms with Crippen molar-refractivity contribution in [3.05, 3.63) is 65.5 Å². The number of nitrogens with zero attached hydrogens (tertiary/aromatic N) is 2. The zero-order valence-electron chi connectivity index (χ0n) is 11.0. The largest absolute Gasteiger partial charge is 0.371 e. The summed E-state index contributed by atoms with van der Waals surface area (Å²) in [5.74, 6) is 1.15. The predicted molar refractivity (Wildman–Crippen MR) is 77.6 cm³/mol. The second-order valence-corrected chi connectivity index (χ2v) is 4.74. The fourth-order valence-corrected chi connectivity index (χ4v) is 2.50. The average molecular weight is 251 g/mol. The number of pyridine rings is 1. The first kappa shape index (κ1) is 11.9. The van der Waals surface area contributed by atoms with Gasteiger partial charge in [0.1, 0.15) is 5.84 Å². The van der Waals surface area contributed by atoms with Crippen LogP contribution in [0.3, 0.4) is 0 Å². The Morgan fingerprint density at radius 2 is 1.95 bits per heavy atom. The van der Waals surface area contributed by atoms with Crippen LogP contribution in [0.5, 0.6) is 0 Å². The van der Waals surface area contributed by atoms with Crippen molar-refractivity contribution in [1.82, 2.24) is 10.3 Å². The number of aryl methyl sites for hydroxylation is 1. The van der Waals surface area contributed by atoms with E-state index in [0.29, 0.717) is 0 Å². The Morgan fingerprint density at radius 1 is 1.11 bits per heavy atom. The van der Waals surface area contributed by atoms with Crippen molar-refractivity contribution in [2.24, 2.45) is 4.99 Å². The number of nitrogens with one attached hydrogen (secondary N) is 1. The summed E-state index contributed by atoms with van der Waals surface area (Å²) >= 11 is 0. The van der Waals surface area contributed by atoms with Crippen molar-refractivity contribution in [2.45, 2.75) is 12.8 Å². The Labute approximate surface area is 113 Å². The van der Waals surface area contributed by atoms with Crippen molar-refractivity contribution < 1.29 is 0 Å². The number of aromatic nitrogens is 1. The quantitative estimate of drug-likeness (QED) is 0.910. The molecule has 3 nitrogen and oxygen atoms in total. The van der Waals surface area contributed by atoms with Gasteiger partial charge in [0.2, 0.25) is 0 Å². The molecule has 0 saturated carbocycles. The van der Waals surface area contributed by atoms with Crippen molar-refractivity contribution in [3.8, 4) is 0 Å². The van der Waals surface area contributed by atoms with Gasteiger partial charge in [0.25, 0.3) is 0 Å². The fraction of sp³-hybridized carbons (Fsp3) is 0.250. The molecule has 0 amide bonds. The summed E-state index contributed by atoms with van der Waals surface area (Å²) in [6.45, 7) is 3.88. The fourth-order valence-electron chi connectivity index (χ4n) is 2.50. The van der Waals surface area contributed by atoms with Crippen LogP contribution >= 0.6 is 0 Å². The van der Waals surface area contributed by atoms with Crippen LogP contribution < -0.4 is 5.32 Å². The van der Waals surface area contributed by atoms with Crippen molar-refractivity contribution in [1.29, 1.82) is 0 Å². The Kier molecular flexibility index (Phi) is 3.27. The summed E-state index contributed by atoms with van der Waals surface area (Å²) in [7, 11) is 0. The number of amidine groups is 1. The molecule has 0 spiro atoms. The van der Waals surface area contributed by atoms with Crippen LogP contribution in [-0.2, 0) is 0 Å². The molecule has 1 aromatic carbocycles. The molecule has 1 N–H and O–H groups in total. The Morgan fingerprint density at radius 3 is 2.63 bits per heavy atom. The van der Waals surface area contributed by atoms with E-state index >= 15 is 0 Å². The van der Waals surface area contributed by atoms with E-state index in [-0.39, 0.29) is 5.92 Å². The lowest BCUT2D eigenvalue weighted by Gasteiger charge is -2.19. The summed E-state index contributed by atoms with van der Waals surface area (Å²) in [5, 5.41) is 3.39. The van der Waals surface area contributed by atoms with Crippen molar-refractivity contribution in [2.75, 3.05) is 13.1 Å². The minimum atomic E-state index is 0.116. The first-order valence-electron chi connectivity index (χ1n) is 6.61. The number of rotatable bonds is 3. The normalized spacial score (nSPS) is 15.7. The molecule has 0 radical (unpaired) electrons. The second kappa shape index (κ2) is 5.22. The first-order valence-corrected chi connectivity index (χ1v) is 6.61. The summed E-state index contributed by atoms with van der Waals surface area (Å²) < 4.78 is 0. The van der Waals surface area contributed by atoms with E-state index in [4.69, 9.17) is 0 Å². The highest BCUT2D eigenvalue weighted by Gasteiger charge is 2.24. The van der Waals surface area contributed by atoms with E-state index in [0.717, 1.165) is 24.6 Å². The number of benzene rings is 1. The molecular formula is C16H17N3. The zero-order valence-corrected chi connectivity index (χ0v) is 11.0. The zero-order chi connectivity index (χ0) is 13.1. The number of aliphatic imine (C=N–C) groups is 1. The van der Waals surface area contributed by atoms with Crippen LogP contribution in [0.4, 0.5) is 0 Å². The van der Waals surface area contributed by atoms with Gasteiger partial charge in [-0.1, -0.05) is 36.4 Å². The van der Waals surface area contributed by atoms with Crippen LogP contribution in [0.25, 0.3) is 0 Å². The van der Waals surface area contributed by atoms with Crippen LogP contribution in [0.2, 0.25) is 0 Å². The van der Waals surface area contributed by atoms with E-state index in [1.165, 1.54) is 11.1 Å². The lowest BCUT2D eigenvalue weighted by Crippen LogP contribution is -2.27. The molecule has 19 heavy (non-hydrogen) atoms. The van der Waals surface area contributed by atoms with Gasteiger partial charge in [-0.3, -0.25) is 9.98 Å². The third kappa shape index (κ3) is 2.36. The Bertz CT molecular complexity index is 590. The van der Waals surface area contributed by atoms with Gasteiger partial charge in [0.15, 0.2) is 0 Å². The average Bonchev–Trinajstić information content (AvgIpc) is 2.96. The first-order chi connectivity index (χ1) is 9.36. The van der Waals surface area contributed by atoms with Gasteiger partial charge in [-0.2, -0.15) is 0 Å². The van der Waals surface area contributed by atoms with Crippen molar-refractivity contribution in [3.63, 3.8) is 0 Å². The highest BCUT2D eigenvalue weighted by Crippen LogP contribution is 2.27. The minimum Gasteiger partial charge on any atom is -0.371 e. The van der Waals surface area contributed by atoms with Crippen molar-refractivity contribution >= 4 is 5.84 Å². The summed E-state index contributed by atoms with van der Waals surface area (Å²) in [6.07, 6.45) is 1.85. The predicted octanol–water partition coefficient (Wildman–Crippen LogP) is 2.52. The van der Waals surface area contributed by atoms with Gasteiger partial charge in [-0.25, -0.2) is 0 Å². The topological polar surface area (TPSA) is 37.3 Å². The van der Waals surface area contributed by atoms with E-state index in [9.17, 15) is 0 Å². The molecule has 1 unspecified atom stereocenters.